The van der Waals surface area contributed by atoms with Crippen LogP contribution in [-0.4, -0.2) is 36.2 Å². The van der Waals surface area contributed by atoms with Gasteiger partial charge in [0.25, 0.3) is 0 Å². The number of aromatic nitrogens is 2. The van der Waals surface area contributed by atoms with Crippen molar-refractivity contribution in [3.05, 3.63) is 78.9 Å². The van der Waals surface area contributed by atoms with Crippen molar-refractivity contribution >= 4 is 21.6 Å². The molecule has 0 saturated carbocycles. The lowest BCUT2D eigenvalue weighted by atomic mass is 10.2. The molecule has 146 valence electrons. The van der Waals surface area contributed by atoms with Crippen LogP contribution in [0.1, 0.15) is 12.5 Å². The summed E-state index contributed by atoms with van der Waals surface area (Å²) in [5, 5.41) is 2.81. The molecule has 1 aromatic heterocycles. The first kappa shape index (κ1) is 19.6. The van der Waals surface area contributed by atoms with Crippen molar-refractivity contribution in [3.63, 3.8) is 0 Å². The molecule has 0 radical (unpaired) electrons. The Kier molecular flexibility index (Phi) is 5.79. The van der Waals surface area contributed by atoms with Crippen LogP contribution < -0.4 is 9.62 Å². The number of amides is 1. The van der Waals surface area contributed by atoms with Crippen LogP contribution in [0.15, 0.2) is 73.3 Å². The lowest BCUT2D eigenvalue weighted by molar-refractivity contribution is -0.122. The quantitative estimate of drug-likeness (QED) is 0.662. The fourth-order valence-corrected chi connectivity index (χ4v) is 4.09. The van der Waals surface area contributed by atoms with E-state index in [1.807, 2.05) is 35.0 Å². The van der Waals surface area contributed by atoms with E-state index in [1.165, 1.54) is 0 Å². The van der Waals surface area contributed by atoms with Gasteiger partial charge >= 0.3 is 0 Å². The number of hydrogen-bond acceptors (Lipinski definition) is 4. The summed E-state index contributed by atoms with van der Waals surface area (Å²) in [6, 6.07) is 15.4. The summed E-state index contributed by atoms with van der Waals surface area (Å²) in [5.41, 5.74) is 2.33. The van der Waals surface area contributed by atoms with Crippen molar-refractivity contribution in [2.75, 3.05) is 10.6 Å². The molecule has 7 nitrogen and oxygen atoms in total. The molecule has 0 fully saturated rings. The summed E-state index contributed by atoms with van der Waals surface area (Å²) >= 11 is 0. The molecule has 1 atom stereocenters. The summed E-state index contributed by atoms with van der Waals surface area (Å²) in [4.78, 5) is 16.6. The number of sulfonamides is 1. The maximum Gasteiger partial charge on any atom is 0.243 e. The predicted molar refractivity (Wildman–Crippen MR) is 109 cm³/mol. The monoisotopic (exact) mass is 398 g/mol. The number of anilines is 1. The highest BCUT2D eigenvalue weighted by Gasteiger charge is 2.28. The van der Waals surface area contributed by atoms with E-state index < -0.39 is 16.1 Å². The van der Waals surface area contributed by atoms with Gasteiger partial charge in [-0.25, -0.2) is 13.4 Å². The highest BCUT2D eigenvalue weighted by molar-refractivity contribution is 7.92. The Morgan fingerprint density at radius 1 is 1.14 bits per heavy atom. The lowest BCUT2D eigenvalue weighted by Gasteiger charge is -2.28. The lowest BCUT2D eigenvalue weighted by Crippen LogP contribution is -2.47. The first-order valence-corrected chi connectivity index (χ1v) is 10.6. The van der Waals surface area contributed by atoms with Gasteiger partial charge in [-0.3, -0.25) is 9.10 Å². The summed E-state index contributed by atoms with van der Waals surface area (Å²) in [6.07, 6.45) is 6.36. The van der Waals surface area contributed by atoms with Crippen LogP contribution in [0.25, 0.3) is 5.69 Å². The smallest absolute Gasteiger partial charge is 0.243 e. The molecular formula is C20H22N4O3S. The Balaban J connectivity index is 1.68. The zero-order valence-corrected chi connectivity index (χ0v) is 16.5. The van der Waals surface area contributed by atoms with Crippen molar-refractivity contribution in [3.8, 4) is 5.69 Å². The van der Waals surface area contributed by atoms with E-state index in [1.54, 1.807) is 49.8 Å². The molecule has 0 aliphatic rings. The second-order valence-corrected chi connectivity index (χ2v) is 8.28. The van der Waals surface area contributed by atoms with E-state index in [0.29, 0.717) is 12.2 Å². The van der Waals surface area contributed by atoms with Crippen molar-refractivity contribution in [2.24, 2.45) is 0 Å². The van der Waals surface area contributed by atoms with E-state index in [2.05, 4.69) is 10.3 Å². The van der Waals surface area contributed by atoms with Gasteiger partial charge in [0.15, 0.2) is 0 Å². The molecule has 1 N–H and O–H groups in total. The second kappa shape index (κ2) is 8.26. The first-order chi connectivity index (χ1) is 13.4. The molecule has 1 heterocycles. The maximum absolute atomic E-state index is 12.6. The van der Waals surface area contributed by atoms with Gasteiger partial charge in [-0.15, -0.1) is 0 Å². The first-order valence-electron chi connectivity index (χ1n) is 8.76. The second-order valence-electron chi connectivity index (χ2n) is 6.42. The number of nitrogens with one attached hydrogen (secondary N) is 1. The minimum atomic E-state index is -3.61. The Hall–Kier alpha value is -3.13. The van der Waals surface area contributed by atoms with E-state index in [9.17, 15) is 13.2 Å². The third-order valence-corrected chi connectivity index (χ3v) is 5.55. The topological polar surface area (TPSA) is 84.3 Å². The van der Waals surface area contributed by atoms with Crippen LogP contribution >= 0.6 is 0 Å². The Morgan fingerprint density at radius 2 is 1.82 bits per heavy atom. The number of para-hydroxylation sites is 1. The molecule has 3 rings (SSSR count). The number of carbonyl (C=O) groups excluding carboxylic acids is 1. The summed E-state index contributed by atoms with van der Waals surface area (Å²) < 4.78 is 27.5. The molecule has 0 spiro atoms. The minimum absolute atomic E-state index is 0.305. The molecule has 0 aliphatic heterocycles. The van der Waals surface area contributed by atoms with Crippen LogP contribution in [0.2, 0.25) is 0 Å². The van der Waals surface area contributed by atoms with Gasteiger partial charge in [-0.05, 0) is 36.8 Å². The predicted octanol–water partition coefficient (Wildman–Crippen LogP) is 2.34. The normalized spacial score (nSPS) is 12.4. The average Bonchev–Trinajstić information content (AvgIpc) is 3.21. The van der Waals surface area contributed by atoms with Crippen LogP contribution in [-0.2, 0) is 21.4 Å². The fraction of sp³-hybridized carbons (Fsp3) is 0.200. The Labute approximate surface area is 164 Å². The van der Waals surface area contributed by atoms with E-state index in [0.717, 1.165) is 21.8 Å². The Bertz CT molecular complexity index is 1020. The molecule has 1 amide bonds. The van der Waals surface area contributed by atoms with Crippen molar-refractivity contribution in [1.29, 1.82) is 0 Å². The van der Waals surface area contributed by atoms with Gasteiger partial charge in [0.1, 0.15) is 6.04 Å². The SMILES string of the molecule is CC(C(=O)NCc1ccc(-n2ccnc2)cc1)N(c1ccccc1)S(C)(=O)=O. The van der Waals surface area contributed by atoms with Crippen LogP contribution in [0.3, 0.4) is 0 Å². The maximum atomic E-state index is 12.6. The summed E-state index contributed by atoms with van der Waals surface area (Å²) in [7, 11) is -3.61. The third kappa shape index (κ3) is 4.58. The molecular weight excluding hydrogens is 376 g/mol. The van der Waals surface area contributed by atoms with Crippen molar-refractivity contribution in [2.45, 2.75) is 19.5 Å². The number of benzene rings is 2. The van der Waals surface area contributed by atoms with E-state index in [-0.39, 0.29) is 5.91 Å². The molecule has 0 aliphatic carbocycles. The summed E-state index contributed by atoms with van der Waals surface area (Å²) in [6.45, 7) is 1.88. The largest absolute Gasteiger partial charge is 0.350 e. The van der Waals surface area contributed by atoms with E-state index >= 15 is 0 Å². The third-order valence-electron chi connectivity index (χ3n) is 4.30. The minimum Gasteiger partial charge on any atom is -0.350 e. The zero-order valence-electron chi connectivity index (χ0n) is 15.7. The molecule has 3 aromatic rings. The van der Waals surface area contributed by atoms with Gasteiger partial charge < -0.3 is 9.88 Å². The summed E-state index contributed by atoms with van der Waals surface area (Å²) in [5.74, 6) is -0.368. The fourth-order valence-electron chi connectivity index (χ4n) is 2.92. The molecule has 0 bridgehead atoms. The number of hydrogen-bond donors (Lipinski definition) is 1. The molecule has 8 heteroatoms. The van der Waals surface area contributed by atoms with Crippen LogP contribution in [0.4, 0.5) is 5.69 Å². The molecule has 28 heavy (non-hydrogen) atoms. The van der Waals surface area contributed by atoms with Crippen molar-refractivity contribution in [1.82, 2.24) is 14.9 Å². The Morgan fingerprint density at radius 3 is 2.39 bits per heavy atom. The van der Waals surface area contributed by atoms with Crippen LogP contribution in [0.5, 0.6) is 0 Å². The average molecular weight is 398 g/mol. The molecule has 0 saturated heterocycles. The molecule has 1 unspecified atom stereocenters. The van der Waals surface area contributed by atoms with Gasteiger partial charge in [-0.1, -0.05) is 30.3 Å². The van der Waals surface area contributed by atoms with Gasteiger partial charge in [0.05, 0.1) is 18.3 Å². The highest BCUT2D eigenvalue weighted by Crippen LogP contribution is 2.20. The highest BCUT2D eigenvalue weighted by atomic mass is 32.2. The zero-order chi connectivity index (χ0) is 20.1. The number of rotatable bonds is 7. The van der Waals surface area contributed by atoms with Gasteiger partial charge in [0.2, 0.25) is 15.9 Å². The number of carbonyl (C=O) groups is 1. The number of nitrogens with zero attached hydrogens (tertiary/aromatic N) is 3. The number of imidazole rings is 1. The van der Waals surface area contributed by atoms with Crippen molar-refractivity contribution < 1.29 is 13.2 Å². The van der Waals surface area contributed by atoms with Crippen LogP contribution in [0, 0.1) is 0 Å². The molecule has 2 aromatic carbocycles. The van der Waals surface area contributed by atoms with Gasteiger partial charge in [0, 0.05) is 24.6 Å². The van der Waals surface area contributed by atoms with Gasteiger partial charge in [-0.2, -0.15) is 0 Å². The standard InChI is InChI=1S/C20H22N4O3S/c1-16(24(28(2,26)27)19-6-4-3-5-7-19)20(25)22-14-17-8-10-18(11-9-17)23-13-12-21-15-23/h3-13,15-16H,14H2,1-2H3,(H,22,25). The van der Waals surface area contributed by atoms with E-state index in [4.69, 9.17) is 0 Å².